The molecule has 96 valence electrons. The van der Waals surface area contributed by atoms with E-state index in [4.69, 9.17) is 0 Å². The number of benzene rings is 1. The Balaban J connectivity index is 2.54. The molecular weight excluding hydrogens is 263 g/mol. The Morgan fingerprint density at radius 3 is 2.50 bits per heavy atom. The first kappa shape index (κ1) is 13.0. The Bertz CT molecular complexity index is 550. The van der Waals surface area contributed by atoms with Crippen molar-refractivity contribution in [3.63, 3.8) is 0 Å². The Morgan fingerprint density at radius 2 is 1.94 bits per heavy atom. The molecule has 2 nitrogen and oxygen atoms in total. The third-order valence-electron chi connectivity index (χ3n) is 2.56. The number of alkyl halides is 3. The van der Waals surface area contributed by atoms with Crippen LogP contribution in [-0.2, 0) is 0 Å². The maximum absolute atomic E-state index is 12.6. The molecule has 2 aromatic rings. The first-order chi connectivity index (χ1) is 8.41. The van der Waals surface area contributed by atoms with Gasteiger partial charge in [0.15, 0.2) is 6.10 Å². The average molecular weight is 273 g/mol. The zero-order valence-electron chi connectivity index (χ0n) is 9.40. The highest BCUT2D eigenvalue weighted by Crippen LogP contribution is 2.39. The molecule has 0 spiro atoms. The normalized spacial score (nSPS) is 13.6. The number of halogens is 3. The fourth-order valence-corrected chi connectivity index (χ4v) is 2.53. The van der Waals surface area contributed by atoms with Crippen molar-refractivity contribution in [3.8, 4) is 10.4 Å². The summed E-state index contributed by atoms with van der Waals surface area (Å²) >= 11 is 1.26. The average Bonchev–Trinajstić information content (AvgIpc) is 2.73. The van der Waals surface area contributed by atoms with Crippen LogP contribution in [0.2, 0.25) is 0 Å². The minimum Gasteiger partial charge on any atom is -0.379 e. The van der Waals surface area contributed by atoms with E-state index in [9.17, 15) is 18.3 Å². The van der Waals surface area contributed by atoms with E-state index in [0.29, 0.717) is 16.1 Å². The van der Waals surface area contributed by atoms with Crippen LogP contribution < -0.4 is 0 Å². The van der Waals surface area contributed by atoms with Crippen LogP contribution in [0, 0.1) is 6.92 Å². The van der Waals surface area contributed by atoms with Crippen LogP contribution in [0.15, 0.2) is 29.8 Å². The molecule has 0 bridgehead atoms. The lowest BCUT2D eigenvalue weighted by atomic mass is 10.00. The third-order valence-corrected chi connectivity index (χ3v) is 3.52. The summed E-state index contributed by atoms with van der Waals surface area (Å²) in [6.45, 7) is 1.72. The van der Waals surface area contributed by atoms with Gasteiger partial charge in [0, 0.05) is 0 Å². The Morgan fingerprint density at radius 1 is 1.28 bits per heavy atom. The molecule has 0 saturated heterocycles. The fourth-order valence-electron chi connectivity index (χ4n) is 1.68. The van der Waals surface area contributed by atoms with Crippen LogP contribution in [0.3, 0.4) is 0 Å². The second kappa shape index (κ2) is 4.70. The molecule has 1 aromatic heterocycles. The van der Waals surface area contributed by atoms with Gasteiger partial charge >= 0.3 is 6.18 Å². The Hall–Kier alpha value is -1.40. The molecule has 1 heterocycles. The molecule has 1 atom stereocenters. The van der Waals surface area contributed by atoms with Gasteiger partial charge < -0.3 is 5.11 Å². The predicted molar refractivity (Wildman–Crippen MR) is 63.3 cm³/mol. The molecule has 0 amide bonds. The number of aliphatic hydroxyl groups is 1. The minimum atomic E-state index is -4.67. The standard InChI is InChI=1S/C12H10F3NOS/c1-7-10(18-6-16-7)8-4-2-3-5-9(8)11(17)12(13,14)15/h2-6,11,17H,1H3. The molecule has 0 fully saturated rings. The number of nitrogens with zero attached hydrogens (tertiary/aromatic N) is 1. The second-order valence-corrected chi connectivity index (χ2v) is 4.65. The summed E-state index contributed by atoms with van der Waals surface area (Å²) in [5.74, 6) is 0. The highest BCUT2D eigenvalue weighted by molar-refractivity contribution is 7.13. The van der Waals surface area contributed by atoms with Gasteiger partial charge in [0.25, 0.3) is 0 Å². The van der Waals surface area contributed by atoms with Crippen LogP contribution in [0.4, 0.5) is 13.2 Å². The summed E-state index contributed by atoms with van der Waals surface area (Å²) < 4.78 is 37.8. The maximum atomic E-state index is 12.6. The molecule has 18 heavy (non-hydrogen) atoms. The Labute approximate surface area is 106 Å². The summed E-state index contributed by atoms with van der Waals surface area (Å²) in [6.07, 6.45) is -7.15. The summed E-state index contributed by atoms with van der Waals surface area (Å²) in [7, 11) is 0. The Kier molecular flexibility index (Phi) is 3.41. The van der Waals surface area contributed by atoms with Crippen molar-refractivity contribution in [1.29, 1.82) is 0 Å². The van der Waals surface area contributed by atoms with Gasteiger partial charge in [0.1, 0.15) is 0 Å². The van der Waals surface area contributed by atoms with Crippen LogP contribution >= 0.6 is 11.3 Å². The highest BCUT2D eigenvalue weighted by atomic mass is 32.1. The lowest BCUT2D eigenvalue weighted by Crippen LogP contribution is -2.20. The molecule has 0 saturated carbocycles. The number of aryl methyl sites for hydroxylation is 1. The monoisotopic (exact) mass is 273 g/mol. The molecule has 2 rings (SSSR count). The topological polar surface area (TPSA) is 33.1 Å². The van der Waals surface area contributed by atoms with E-state index in [1.54, 1.807) is 24.6 Å². The fraction of sp³-hybridized carbons (Fsp3) is 0.250. The van der Waals surface area contributed by atoms with Crippen LogP contribution in [0.25, 0.3) is 10.4 Å². The molecule has 6 heteroatoms. The molecule has 0 aliphatic carbocycles. The number of aromatic nitrogens is 1. The van der Waals surface area contributed by atoms with Gasteiger partial charge in [0.05, 0.1) is 16.1 Å². The first-order valence-corrected chi connectivity index (χ1v) is 6.03. The molecule has 0 aliphatic heterocycles. The number of hydrogen-bond acceptors (Lipinski definition) is 3. The quantitative estimate of drug-likeness (QED) is 0.904. The summed E-state index contributed by atoms with van der Waals surface area (Å²) in [5.41, 5.74) is 2.46. The van der Waals surface area contributed by atoms with Gasteiger partial charge in [0.2, 0.25) is 0 Å². The van der Waals surface area contributed by atoms with Crippen molar-refractivity contribution in [3.05, 3.63) is 41.0 Å². The highest BCUT2D eigenvalue weighted by Gasteiger charge is 2.40. The van der Waals surface area contributed by atoms with E-state index in [1.165, 1.54) is 23.5 Å². The largest absolute Gasteiger partial charge is 0.418 e. The molecule has 0 aliphatic rings. The van der Waals surface area contributed by atoms with Gasteiger partial charge in [-0.15, -0.1) is 11.3 Å². The molecular formula is C12H10F3NOS. The van der Waals surface area contributed by atoms with E-state index in [0.717, 1.165) is 0 Å². The van der Waals surface area contributed by atoms with Gasteiger partial charge in [-0.2, -0.15) is 13.2 Å². The molecule has 1 N–H and O–H groups in total. The van der Waals surface area contributed by atoms with E-state index >= 15 is 0 Å². The van der Waals surface area contributed by atoms with Gasteiger partial charge in [-0.05, 0) is 18.1 Å². The molecule has 1 aromatic carbocycles. The smallest absolute Gasteiger partial charge is 0.379 e. The predicted octanol–water partition coefficient (Wildman–Crippen LogP) is 3.71. The van der Waals surface area contributed by atoms with Gasteiger partial charge in [-0.1, -0.05) is 24.3 Å². The zero-order valence-corrected chi connectivity index (χ0v) is 10.2. The second-order valence-electron chi connectivity index (χ2n) is 3.80. The van der Waals surface area contributed by atoms with Gasteiger partial charge in [-0.3, -0.25) is 0 Å². The van der Waals surface area contributed by atoms with E-state index in [2.05, 4.69) is 4.98 Å². The SMILES string of the molecule is Cc1ncsc1-c1ccccc1C(O)C(F)(F)F. The summed E-state index contributed by atoms with van der Waals surface area (Å²) in [4.78, 5) is 4.66. The number of aliphatic hydroxyl groups excluding tert-OH is 1. The molecule has 1 unspecified atom stereocenters. The van der Waals surface area contributed by atoms with E-state index in [1.807, 2.05) is 0 Å². The van der Waals surface area contributed by atoms with Crippen LogP contribution in [0.1, 0.15) is 17.4 Å². The maximum Gasteiger partial charge on any atom is 0.418 e. The van der Waals surface area contributed by atoms with Crippen molar-refractivity contribution in [2.75, 3.05) is 0 Å². The molecule has 0 radical (unpaired) electrons. The van der Waals surface area contributed by atoms with Crippen molar-refractivity contribution >= 4 is 11.3 Å². The summed E-state index contributed by atoms with van der Waals surface area (Å²) in [6, 6.07) is 5.96. The first-order valence-electron chi connectivity index (χ1n) is 5.15. The number of hydrogen-bond donors (Lipinski definition) is 1. The number of thiazole rings is 1. The van der Waals surface area contributed by atoms with E-state index < -0.39 is 12.3 Å². The van der Waals surface area contributed by atoms with Gasteiger partial charge in [-0.25, -0.2) is 4.98 Å². The van der Waals surface area contributed by atoms with Crippen LogP contribution in [-0.4, -0.2) is 16.3 Å². The minimum absolute atomic E-state index is 0.141. The van der Waals surface area contributed by atoms with Crippen LogP contribution in [0.5, 0.6) is 0 Å². The van der Waals surface area contributed by atoms with Crippen molar-refractivity contribution in [1.82, 2.24) is 4.98 Å². The number of rotatable bonds is 2. The van der Waals surface area contributed by atoms with E-state index in [-0.39, 0.29) is 5.56 Å². The summed E-state index contributed by atoms with van der Waals surface area (Å²) in [5, 5.41) is 9.39. The third kappa shape index (κ3) is 2.39. The zero-order chi connectivity index (χ0) is 13.3. The lowest BCUT2D eigenvalue weighted by molar-refractivity contribution is -0.206. The lowest BCUT2D eigenvalue weighted by Gasteiger charge is -2.17. The van der Waals surface area contributed by atoms with Crippen molar-refractivity contribution < 1.29 is 18.3 Å². The van der Waals surface area contributed by atoms with Crippen molar-refractivity contribution in [2.45, 2.75) is 19.2 Å². The van der Waals surface area contributed by atoms with Crippen molar-refractivity contribution in [2.24, 2.45) is 0 Å².